The monoisotopic (exact) mass is 372 g/mol. The number of hydrogen-bond donors (Lipinski definition) is 1. The quantitative estimate of drug-likeness (QED) is 0.373. The third-order valence-corrected chi connectivity index (χ3v) is 4.51. The minimum absolute atomic E-state index is 0.0441. The number of carbonyl (C=O) groups is 1. The zero-order chi connectivity index (χ0) is 17.8. The Morgan fingerprint density at radius 3 is 2.64 bits per heavy atom. The van der Waals surface area contributed by atoms with Gasteiger partial charge in [0.25, 0.3) is 11.6 Å². The van der Waals surface area contributed by atoms with E-state index in [1.165, 1.54) is 23.9 Å². The molecule has 1 aliphatic heterocycles. The van der Waals surface area contributed by atoms with Crippen LogP contribution in [0.4, 0.5) is 5.69 Å². The Morgan fingerprint density at radius 2 is 2.00 bits per heavy atom. The van der Waals surface area contributed by atoms with Gasteiger partial charge in [0.1, 0.15) is 16.7 Å². The van der Waals surface area contributed by atoms with Gasteiger partial charge >= 0.3 is 0 Å². The molecule has 0 atom stereocenters. The topological polar surface area (TPSA) is 81.5 Å². The van der Waals surface area contributed by atoms with Crippen molar-refractivity contribution in [3.05, 3.63) is 74.7 Å². The summed E-state index contributed by atoms with van der Waals surface area (Å²) in [5.74, 6) is 0.436. The number of rotatable bonds is 5. The van der Waals surface area contributed by atoms with Crippen LogP contribution in [0.3, 0.4) is 0 Å². The lowest BCUT2D eigenvalue weighted by molar-refractivity contribution is -0.384. The Bertz CT molecular complexity index is 878. The molecular formula is C17H12N2O4S2. The SMILES string of the molecule is O=C1NC(=S)S/C1=C/c1cccc(OCc2ccc([N+](=O)[O-])cc2)c1. The second-order valence-corrected chi connectivity index (χ2v) is 6.86. The van der Waals surface area contributed by atoms with E-state index < -0.39 is 4.92 Å². The van der Waals surface area contributed by atoms with Crippen LogP contribution in [0.15, 0.2) is 53.4 Å². The summed E-state index contributed by atoms with van der Waals surface area (Å²) in [5, 5.41) is 13.2. The Kier molecular flexibility index (Phi) is 5.11. The van der Waals surface area contributed by atoms with E-state index in [-0.39, 0.29) is 18.2 Å². The van der Waals surface area contributed by atoms with Gasteiger partial charge in [-0.05, 0) is 41.5 Å². The van der Waals surface area contributed by atoms with Gasteiger partial charge in [0.05, 0.1) is 9.83 Å². The average molecular weight is 372 g/mol. The molecule has 0 saturated carbocycles. The van der Waals surface area contributed by atoms with Gasteiger partial charge < -0.3 is 10.1 Å². The molecule has 0 aliphatic carbocycles. The van der Waals surface area contributed by atoms with Crippen molar-refractivity contribution in [3.63, 3.8) is 0 Å². The van der Waals surface area contributed by atoms with Gasteiger partial charge in [-0.25, -0.2) is 0 Å². The molecule has 25 heavy (non-hydrogen) atoms. The van der Waals surface area contributed by atoms with Gasteiger partial charge in [-0.2, -0.15) is 0 Å². The van der Waals surface area contributed by atoms with E-state index in [9.17, 15) is 14.9 Å². The number of benzene rings is 2. The number of amides is 1. The number of hydrogen-bond acceptors (Lipinski definition) is 6. The molecule has 1 N–H and O–H groups in total. The maximum atomic E-state index is 11.7. The largest absolute Gasteiger partial charge is 0.489 e. The second kappa shape index (κ2) is 7.45. The highest BCUT2D eigenvalue weighted by molar-refractivity contribution is 8.26. The summed E-state index contributed by atoms with van der Waals surface area (Å²) in [4.78, 5) is 22.4. The van der Waals surface area contributed by atoms with Crippen LogP contribution in [0, 0.1) is 10.1 Å². The van der Waals surface area contributed by atoms with E-state index in [0.29, 0.717) is 15.0 Å². The molecule has 3 rings (SSSR count). The van der Waals surface area contributed by atoms with Crippen LogP contribution >= 0.6 is 24.0 Å². The van der Waals surface area contributed by atoms with E-state index in [2.05, 4.69) is 5.32 Å². The molecule has 126 valence electrons. The number of nitro groups is 1. The molecule has 1 saturated heterocycles. The average Bonchev–Trinajstić information content (AvgIpc) is 2.91. The number of carbonyl (C=O) groups excluding carboxylic acids is 1. The third kappa shape index (κ3) is 4.43. The minimum Gasteiger partial charge on any atom is -0.489 e. The van der Waals surface area contributed by atoms with Crippen LogP contribution < -0.4 is 10.1 Å². The summed E-state index contributed by atoms with van der Waals surface area (Å²) in [7, 11) is 0. The summed E-state index contributed by atoms with van der Waals surface area (Å²) in [6.45, 7) is 0.289. The molecule has 0 aromatic heterocycles. The van der Waals surface area contributed by atoms with Crippen molar-refractivity contribution < 1.29 is 14.5 Å². The van der Waals surface area contributed by atoms with Crippen LogP contribution in [0.25, 0.3) is 6.08 Å². The van der Waals surface area contributed by atoms with Gasteiger partial charge in [-0.15, -0.1) is 0 Å². The predicted molar refractivity (Wildman–Crippen MR) is 100 cm³/mol. The Balaban J connectivity index is 1.68. The number of nitrogens with one attached hydrogen (secondary N) is 1. The van der Waals surface area contributed by atoms with Gasteiger partial charge in [0.2, 0.25) is 0 Å². The number of thiocarbonyl (C=S) groups is 1. The molecule has 0 spiro atoms. The zero-order valence-corrected chi connectivity index (χ0v) is 14.4. The van der Waals surface area contributed by atoms with E-state index >= 15 is 0 Å². The number of thioether (sulfide) groups is 1. The van der Waals surface area contributed by atoms with Gasteiger partial charge in [0.15, 0.2) is 0 Å². The number of non-ortho nitro benzene ring substituents is 1. The molecule has 2 aromatic rings. The summed E-state index contributed by atoms with van der Waals surface area (Å²) in [6.07, 6.45) is 1.75. The van der Waals surface area contributed by atoms with E-state index in [1.54, 1.807) is 24.3 Å². The first-order valence-corrected chi connectivity index (χ1v) is 8.45. The Labute approximate surface area is 153 Å². The maximum Gasteiger partial charge on any atom is 0.269 e. The molecule has 0 radical (unpaired) electrons. The van der Waals surface area contributed by atoms with Crippen LogP contribution in [0.5, 0.6) is 5.75 Å². The third-order valence-electron chi connectivity index (χ3n) is 3.35. The lowest BCUT2D eigenvalue weighted by Gasteiger charge is -2.07. The number of nitrogens with zero attached hydrogens (tertiary/aromatic N) is 1. The first-order valence-electron chi connectivity index (χ1n) is 7.22. The van der Waals surface area contributed by atoms with Crippen molar-refractivity contribution in [2.75, 3.05) is 0 Å². The second-order valence-electron chi connectivity index (χ2n) is 5.14. The van der Waals surface area contributed by atoms with E-state index in [0.717, 1.165) is 11.1 Å². The molecule has 0 bridgehead atoms. The normalized spacial score (nSPS) is 15.3. The smallest absolute Gasteiger partial charge is 0.269 e. The van der Waals surface area contributed by atoms with E-state index in [1.807, 2.05) is 18.2 Å². The highest BCUT2D eigenvalue weighted by atomic mass is 32.2. The van der Waals surface area contributed by atoms with Crippen molar-refractivity contribution in [2.45, 2.75) is 6.61 Å². The summed E-state index contributed by atoms with van der Waals surface area (Å²) < 4.78 is 6.16. The van der Waals surface area contributed by atoms with Crippen LogP contribution in [-0.2, 0) is 11.4 Å². The van der Waals surface area contributed by atoms with Crippen molar-refractivity contribution in [1.29, 1.82) is 0 Å². The fourth-order valence-corrected chi connectivity index (χ4v) is 3.19. The zero-order valence-electron chi connectivity index (χ0n) is 12.8. The molecule has 8 heteroatoms. The van der Waals surface area contributed by atoms with Gasteiger partial charge in [-0.3, -0.25) is 14.9 Å². The van der Waals surface area contributed by atoms with Gasteiger partial charge in [-0.1, -0.05) is 36.1 Å². The van der Waals surface area contributed by atoms with Crippen LogP contribution in [-0.4, -0.2) is 15.2 Å². The Morgan fingerprint density at radius 1 is 1.24 bits per heavy atom. The molecule has 1 aliphatic rings. The summed E-state index contributed by atoms with van der Waals surface area (Å²) >= 11 is 6.18. The highest BCUT2D eigenvalue weighted by Gasteiger charge is 2.21. The molecule has 0 unspecified atom stereocenters. The number of nitro benzene ring substituents is 1. The van der Waals surface area contributed by atoms with Crippen molar-refractivity contribution in [2.24, 2.45) is 0 Å². The predicted octanol–water partition coefficient (Wildman–Crippen LogP) is 3.66. The van der Waals surface area contributed by atoms with Crippen LogP contribution in [0.2, 0.25) is 0 Å². The minimum atomic E-state index is -0.440. The van der Waals surface area contributed by atoms with E-state index in [4.69, 9.17) is 17.0 Å². The summed E-state index contributed by atoms with van der Waals surface area (Å²) in [5.41, 5.74) is 1.69. The lowest BCUT2D eigenvalue weighted by Crippen LogP contribution is -2.17. The van der Waals surface area contributed by atoms with Crippen molar-refractivity contribution in [3.8, 4) is 5.75 Å². The first kappa shape index (κ1) is 17.1. The molecule has 6 nitrogen and oxygen atoms in total. The van der Waals surface area contributed by atoms with Crippen molar-refractivity contribution >= 4 is 46.0 Å². The first-order chi connectivity index (χ1) is 12.0. The molecule has 1 fully saturated rings. The summed E-state index contributed by atoms with van der Waals surface area (Å²) in [6, 6.07) is 13.5. The van der Waals surface area contributed by atoms with Crippen molar-refractivity contribution in [1.82, 2.24) is 5.32 Å². The molecule has 1 amide bonds. The number of ether oxygens (including phenoxy) is 1. The fourth-order valence-electron chi connectivity index (χ4n) is 2.15. The Hall–Kier alpha value is -2.71. The standard InChI is InChI=1S/C17H12N2O4S2/c20-16-15(25-17(24)18-16)9-12-2-1-3-14(8-12)23-10-11-4-6-13(7-5-11)19(21)22/h1-9H,10H2,(H,18,20,24)/b15-9+. The van der Waals surface area contributed by atoms with Gasteiger partial charge in [0, 0.05) is 12.1 Å². The van der Waals surface area contributed by atoms with Crippen LogP contribution in [0.1, 0.15) is 11.1 Å². The fraction of sp³-hybridized carbons (Fsp3) is 0.0588. The molecule has 1 heterocycles. The molecule has 2 aromatic carbocycles. The maximum absolute atomic E-state index is 11.7. The highest BCUT2D eigenvalue weighted by Crippen LogP contribution is 2.27. The molecular weight excluding hydrogens is 360 g/mol. The lowest BCUT2D eigenvalue weighted by atomic mass is 10.2.